The summed E-state index contributed by atoms with van der Waals surface area (Å²) in [4.78, 5) is 11.7. The Kier molecular flexibility index (Phi) is 5.79. The third-order valence-electron chi connectivity index (χ3n) is 4.39. The van der Waals surface area contributed by atoms with Gasteiger partial charge in [0.25, 0.3) is 0 Å². The normalized spacial score (nSPS) is 11.0. The molecule has 0 spiro atoms. The van der Waals surface area contributed by atoms with E-state index in [1.807, 2.05) is 61.0 Å². The van der Waals surface area contributed by atoms with Crippen molar-refractivity contribution in [3.8, 4) is 11.4 Å². The Morgan fingerprint density at radius 1 is 1.25 bits per heavy atom. The first-order valence-electron chi connectivity index (χ1n) is 8.98. The number of allylic oxidation sites excluding steroid dienone is 2. The highest BCUT2D eigenvalue weighted by Crippen LogP contribution is 2.28. The molecule has 0 aliphatic rings. The second kappa shape index (κ2) is 8.43. The smallest absolute Gasteiger partial charge is 0.337 e. The van der Waals surface area contributed by atoms with Crippen LogP contribution in [0.15, 0.2) is 60.7 Å². The monoisotopic (exact) mass is 377 g/mol. The number of nitrogens with zero attached hydrogens (tertiary/aromatic N) is 2. The SMILES string of the molecule is CC=CCc1cc(Nc2ccc(OC)cc2C(=O)O)n(-c2ccccc2C)n1. The number of hydrogen-bond donors (Lipinski definition) is 2. The maximum Gasteiger partial charge on any atom is 0.337 e. The lowest BCUT2D eigenvalue weighted by atomic mass is 10.1. The number of rotatable bonds is 7. The zero-order valence-corrected chi connectivity index (χ0v) is 16.1. The van der Waals surface area contributed by atoms with Crippen molar-refractivity contribution in [2.75, 3.05) is 12.4 Å². The van der Waals surface area contributed by atoms with E-state index in [-0.39, 0.29) is 5.56 Å². The number of carboxylic acids is 1. The van der Waals surface area contributed by atoms with Gasteiger partial charge in [-0.1, -0.05) is 30.4 Å². The maximum absolute atomic E-state index is 11.7. The van der Waals surface area contributed by atoms with Crippen LogP contribution < -0.4 is 10.1 Å². The molecule has 0 atom stereocenters. The molecule has 0 saturated carbocycles. The maximum atomic E-state index is 11.7. The Hall–Kier alpha value is -3.54. The fraction of sp³-hybridized carbons (Fsp3) is 0.182. The number of carbonyl (C=O) groups is 1. The van der Waals surface area contributed by atoms with Crippen LogP contribution in [0.4, 0.5) is 11.5 Å². The largest absolute Gasteiger partial charge is 0.497 e. The number of carboxylic acid groups (broad SMARTS) is 1. The number of methoxy groups -OCH3 is 1. The molecule has 1 aromatic heterocycles. The average Bonchev–Trinajstić information content (AvgIpc) is 3.09. The predicted molar refractivity (Wildman–Crippen MR) is 110 cm³/mol. The number of aryl methyl sites for hydroxylation is 1. The fourth-order valence-corrected chi connectivity index (χ4v) is 2.92. The number of benzene rings is 2. The molecule has 2 aromatic carbocycles. The van der Waals surface area contributed by atoms with Gasteiger partial charge in [-0.2, -0.15) is 5.10 Å². The Labute approximate surface area is 164 Å². The number of anilines is 2. The molecule has 1 heterocycles. The highest BCUT2D eigenvalue weighted by Gasteiger charge is 2.16. The molecule has 3 rings (SSSR count). The number of aromatic carboxylic acids is 1. The van der Waals surface area contributed by atoms with Crippen LogP contribution >= 0.6 is 0 Å². The number of para-hydroxylation sites is 1. The van der Waals surface area contributed by atoms with Gasteiger partial charge in [0.15, 0.2) is 0 Å². The topological polar surface area (TPSA) is 76.4 Å². The van der Waals surface area contributed by atoms with Gasteiger partial charge >= 0.3 is 5.97 Å². The minimum Gasteiger partial charge on any atom is -0.497 e. The summed E-state index contributed by atoms with van der Waals surface area (Å²) in [5, 5.41) is 17.5. The van der Waals surface area contributed by atoms with Crippen LogP contribution in [-0.2, 0) is 6.42 Å². The summed E-state index contributed by atoms with van der Waals surface area (Å²) >= 11 is 0. The van der Waals surface area contributed by atoms with Crippen LogP contribution in [0.1, 0.15) is 28.5 Å². The van der Waals surface area contributed by atoms with E-state index in [0.29, 0.717) is 23.7 Å². The van der Waals surface area contributed by atoms with Crippen LogP contribution in [0.2, 0.25) is 0 Å². The summed E-state index contributed by atoms with van der Waals surface area (Å²) in [6.07, 6.45) is 4.70. The molecule has 6 nitrogen and oxygen atoms in total. The summed E-state index contributed by atoms with van der Waals surface area (Å²) in [5.41, 5.74) is 3.49. The van der Waals surface area contributed by atoms with Crippen molar-refractivity contribution in [1.29, 1.82) is 0 Å². The molecule has 3 aromatic rings. The third-order valence-corrected chi connectivity index (χ3v) is 4.39. The zero-order chi connectivity index (χ0) is 20.1. The van der Waals surface area contributed by atoms with Gasteiger partial charge in [-0.3, -0.25) is 0 Å². The number of hydrogen-bond acceptors (Lipinski definition) is 4. The van der Waals surface area contributed by atoms with Crippen molar-refractivity contribution < 1.29 is 14.6 Å². The van der Waals surface area contributed by atoms with Crippen molar-refractivity contribution in [3.63, 3.8) is 0 Å². The minimum absolute atomic E-state index is 0.131. The van der Waals surface area contributed by atoms with E-state index < -0.39 is 5.97 Å². The molecule has 0 radical (unpaired) electrons. The van der Waals surface area contributed by atoms with Crippen LogP contribution in [0.25, 0.3) is 5.69 Å². The molecule has 0 aliphatic heterocycles. The molecule has 0 amide bonds. The summed E-state index contributed by atoms with van der Waals surface area (Å²) in [7, 11) is 1.51. The third kappa shape index (κ3) is 4.06. The van der Waals surface area contributed by atoms with Gasteiger partial charge < -0.3 is 15.2 Å². The van der Waals surface area contributed by atoms with Crippen LogP contribution in [0.5, 0.6) is 5.75 Å². The Morgan fingerprint density at radius 2 is 2.04 bits per heavy atom. The van der Waals surface area contributed by atoms with Gasteiger partial charge in [0.1, 0.15) is 11.6 Å². The Bertz CT molecular complexity index is 1020. The summed E-state index contributed by atoms with van der Waals surface area (Å²) in [6.45, 7) is 3.98. The molecular weight excluding hydrogens is 354 g/mol. The van der Waals surface area contributed by atoms with Crippen molar-refractivity contribution in [2.45, 2.75) is 20.3 Å². The number of nitrogens with one attached hydrogen (secondary N) is 1. The van der Waals surface area contributed by atoms with Gasteiger partial charge in [0.2, 0.25) is 0 Å². The molecule has 0 unspecified atom stereocenters. The van der Waals surface area contributed by atoms with Gasteiger partial charge in [-0.05, 0) is 43.7 Å². The highest BCUT2D eigenvalue weighted by atomic mass is 16.5. The Morgan fingerprint density at radius 3 is 2.71 bits per heavy atom. The van der Waals surface area contributed by atoms with Crippen LogP contribution in [0, 0.1) is 6.92 Å². The lowest BCUT2D eigenvalue weighted by Gasteiger charge is -2.14. The second-order valence-electron chi connectivity index (χ2n) is 6.33. The van der Waals surface area contributed by atoms with Crippen molar-refractivity contribution in [3.05, 3.63) is 77.5 Å². The molecule has 28 heavy (non-hydrogen) atoms. The van der Waals surface area contributed by atoms with Gasteiger partial charge in [0, 0.05) is 12.5 Å². The van der Waals surface area contributed by atoms with Crippen molar-refractivity contribution in [1.82, 2.24) is 9.78 Å². The summed E-state index contributed by atoms with van der Waals surface area (Å²) in [5.74, 6) is 0.156. The molecule has 6 heteroatoms. The summed E-state index contributed by atoms with van der Waals surface area (Å²) < 4.78 is 6.96. The highest BCUT2D eigenvalue weighted by molar-refractivity contribution is 5.95. The average molecular weight is 377 g/mol. The van der Waals surface area contributed by atoms with Gasteiger partial charge in [0.05, 0.1) is 29.7 Å². The molecule has 0 aliphatic carbocycles. The molecular formula is C22H23N3O3. The first-order chi connectivity index (χ1) is 13.5. The van der Waals surface area contributed by atoms with Crippen LogP contribution in [-0.4, -0.2) is 28.0 Å². The second-order valence-corrected chi connectivity index (χ2v) is 6.33. The van der Waals surface area contributed by atoms with Crippen LogP contribution in [0.3, 0.4) is 0 Å². The van der Waals surface area contributed by atoms with E-state index in [9.17, 15) is 9.90 Å². The first kappa shape index (κ1) is 19.2. The predicted octanol–water partition coefficient (Wildman–Crippen LogP) is 4.75. The quantitative estimate of drug-likeness (QED) is 0.581. The minimum atomic E-state index is -1.03. The van der Waals surface area contributed by atoms with E-state index in [2.05, 4.69) is 5.32 Å². The lowest BCUT2D eigenvalue weighted by Crippen LogP contribution is -2.07. The lowest BCUT2D eigenvalue weighted by molar-refractivity contribution is 0.0697. The summed E-state index contributed by atoms with van der Waals surface area (Å²) in [6, 6.07) is 14.8. The zero-order valence-electron chi connectivity index (χ0n) is 16.1. The van der Waals surface area contributed by atoms with E-state index >= 15 is 0 Å². The van der Waals surface area contributed by atoms with Gasteiger partial charge in [-0.25, -0.2) is 9.48 Å². The standard InChI is InChI=1S/C22H23N3O3/c1-4-5-9-16-13-21(25(24-16)20-10-7-6-8-15(20)2)23-19-12-11-17(28-3)14-18(19)22(26)27/h4-8,10-14,23H,9H2,1-3H3,(H,26,27). The van der Waals surface area contributed by atoms with E-state index in [4.69, 9.17) is 9.84 Å². The van der Waals surface area contributed by atoms with Crippen molar-refractivity contribution >= 4 is 17.5 Å². The van der Waals surface area contributed by atoms with Crippen molar-refractivity contribution in [2.24, 2.45) is 0 Å². The van der Waals surface area contributed by atoms with E-state index in [1.54, 1.807) is 12.1 Å². The first-order valence-corrected chi connectivity index (χ1v) is 8.98. The fourth-order valence-electron chi connectivity index (χ4n) is 2.92. The molecule has 144 valence electrons. The molecule has 0 fully saturated rings. The Balaban J connectivity index is 2.07. The molecule has 2 N–H and O–H groups in total. The van der Waals surface area contributed by atoms with E-state index in [0.717, 1.165) is 16.9 Å². The van der Waals surface area contributed by atoms with Gasteiger partial charge in [-0.15, -0.1) is 0 Å². The van der Waals surface area contributed by atoms with E-state index in [1.165, 1.54) is 13.2 Å². The number of ether oxygens (including phenoxy) is 1. The number of aromatic nitrogens is 2. The molecule has 0 bridgehead atoms. The molecule has 0 saturated heterocycles.